The number of furan rings is 1. The standard InChI is InChI=1S/C19H17N5O.C16H15N7.C15H17N5O.C14H15N5O2.C14H13N5O.C13H10F3N5O.C10H9N5O/c1-24-19-16(18(20)21-12-22-19)17(23-24)14-7-9-15(10-8-14)25-11-13-5-3-2-4-6-13;1-22-16-13(15(17)18-10-19-16)14(21-22)12-7-20-23(9-12)8-11-5-3-2-4-6-11;1-9(2)21-11-6-4-10(5-7-11)13-12-14(16)17-8-18-15(12)20(3)19-13;1-19-14-11(13(15)16-7-17-14)12(18-19)8-4-9(20-2)6-10(5-8)21-3;1-8(20)9-3-5-10(6-4-9)12-11-13(15)16-7-17-14(11)19(2)18-12;1-21-12-9(11(17)18-6-19-12)10(20-21)7-2-4-8(5-3-7)22-13(14,15)16;1-15-10-7(9(11)12-5-13-10)8(14-15)6-3-2-4-16-6/h2-10,12H,11H2,1H3,(H2,20,21,22);2-7,9-10H,8H2,1H3,(H2,17,18,19);4-9H,1-3H3,(H2,16,17,18);4-7H,1-3H3,(H2,15,16,17);3-7H,1-2H3,(H2,15,16,17);2-6H,1H3,(H2,17,18,19);2-5H,1H3,(H2,11,12,13). The first-order valence-electron chi connectivity index (χ1n) is 45.2. The zero-order chi connectivity index (χ0) is 104. The fourth-order valence-electron chi connectivity index (χ4n) is 15.9. The van der Waals surface area contributed by atoms with E-state index in [4.69, 9.17) is 63.5 Å². The molecule has 0 aliphatic carbocycles. The maximum atomic E-state index is 12.2. The third-order valence-electron chi connectivity index (χ3n) is 22.8. The fourth-order valence-corrected chi connectivity index (χ4v) is 15.9. The van der Waals surface area contributed by atoms with Gasteiger partial charge in [0.1, 0.15) is 160 Å². The summed E-state index contributed by atoms with van der Waals surface area (Å²) in [6.07, 6.45) is 10.7. The van der Waals surface area contributed by atoms with Crippen molar-refractivity contribution in [1.29, 1.82) is 0 Å². The molecule has 0 aliphatic heterocycles. The van der Waals surface area contributed by atoms with Gasteiger partial charge in [-0.3, -0.25) is 9.48 Å². The first kappa shape index (κ1) is 99.5. The van der Waals surface area contributed by atoms with Crippen molar-refractivity contribution in [2.75, 3.05) is 54.4 Å². The van der Waals surface area contributed by atoms with Gasteiger partial charge in [0, 0.05) is 101 Å². The van der Waals surface area contributed by atoms with Crippen molar-refractivity contribution in [3.63, 3.8) is 0 Å². The van der Waals surface area contributed by atoms with Gasteiger partial charge in [-0.2, -0.15) is 40.8 Å². The van der Waals surface area contributed by atoms with Crippen LogP contribution in [0.2, 0.25) is 0 Å². The number of methoxy groups -OCH3 is 2. The Kier molecular flexibility index (Phi) is 29.0. The van der Waals surface area contributed by atoms with Crippen molar-refractivity contribution in [3.8, 4) is 108 Å². The van der Waals surface area contributed by atoms with Crippen LogP contribution in [0.25, 0.3) is 156 Å². The Bertz CT molecular complexity index is 8630. The number of Topliss-reactive ketones (excluding diaryl/α,β-unsaturated/α-hetero) is 1. The predicted octanol–water partition coefficient (Wildman–Crippen LogP) is 14.6. The average Bonchev–Trinajstić information content (AvgIpc) is 1.57. The summed E-state index contributed by atoms with van der Waals surface area (Å²) in [6.45, 7) is 6.78. The summed E-state index contributed by atoms with van der Waals surface area (Å²) < 4.78 is 81.2. The number of carbonyl (C=O) groups excluding carboxylic acids is 1. The Morgan fingerprint density at radius 3 is 0.986 bits per heavy atom. The number of carbonyl (C=O) groups is 1. The minimum absolute atomic E-state index is 0.0327. The largest absolute Gasteiger partial charge is 0.573 e. The van der Waals surface area contributed by atoms with Crippen molar-refractivity contribution in [1.82, 2.24) is 148 Å². The number of ether oxygens (including phenoxy) is 5. The van der Waals surface area contributed by atoms with E-state index in [0.29, 0.717) is 133 Å². The topological polar surface area (TPSA) is 582 Å². The molecule has 7 aromatic carbocycles. The molecule has 0 bridgehead atoms. The van der Waals surface area contributed by atoms with Crippen LogP contribution in [0.3, 0.4) is 0 Å². The van der Waals surface area contributed by atoms with E-state index in [-0.39, 0.29) is 23.5 Å². The smallest absolute Gasteiger partial charge is 0.497 e. The van der Waals surface area contributed by atoms with Crippen LogP contribution in [0.15, 0.2) is 255 Å². The highest BCUT2D eigenvalue weighted by molar-refractivity contribution is 6.04. The summed E-state index contributed by atoms with van der Waals surface area (Å²) in [5, 5.41) is 40.6. The van der Waals surface area contributed by atoms with E-state index < -0.39 is 6.36 Å². The number of aromatic nitrogens is 30. The number of rotatable bonds is 18. The molecule has 14 N–H and O–H groups in total. The zero-order valence-electron chi connectivity index (χ0n) is 81.6. The van der Waals surface area contributed by atoms with E-state index in [1.807, 2.05) is 187 Å². The molecule has 748 valence electrons. The lowest BCUT2D eigenvalue weighted by Crippen LogP contribution is -2.16. The molecule has 16 aromatic heterocycles. The van der Waals surface area contributed by atoms with Gasteiger partial charge in [0.05, 0.1) is 77.0 Å². The molecule has 0 atom stereocenters. The maximum absolute atomic E-state index is 12.2. The molecule has 44 nitrogen and oxygen atoms in total. The fraction of sp³-hybridized carbons (Fsp3) is 0.158. The Balaban J connectivity index is 0.000000118. The van der Waals surface area contributed by atoms with E-state index in [9.17, 15) is 18.0 Å². The zero-order valence-corrected chi connectivity index (χ0v) is 81.6. The molecular weight excluding hydrogens is 1900 g/mol. The lowest BCUT2D eigenvalue weighted by atomic mass is 10.1. The Morgan fingerprint density at radius 1 is 0.351 bits per heavy atom. The minimum atomic E-state index is -4.72. The number of nitrogens with two attached hydrogens (primary N) is 7. The van der Waals surface area contributed by atoms with Crippen LogP contribution >= 0.6 is 0 Å². The molecule has 0 radical (unpaired) electrons. The molecule has 0 saturated heterocycles. The van der Waals surface area contributed by atoms with E-state index in [2.05, 4.69) is 127 Å². The third kappa shape index (κ3) is 21.9. The van der Waals surface area contributed by atoms with Crippen LogP contribution in [0, 0.1) is 0 Å². The Morgan fingerprint density at radius 2 is 0.662 bits per heavy atom. The van der Waals surface area contributed by atoms with Gasteiger partial charge in [-0.15, -0.1) is 13.2 Å². The number of fused-ring (bicyclic) bond motifs is 7. The average molecular weight is 2000 g/mol. The van der Waals surface area contributed by atoms with Crippen molar-refractivity contribution >= 4 is 124 Å². The molecule has 0 saturated carbocycles. The van der Waals surface area contributed by atoms with Gasteiger partial charge in [-0.05, 0) is 129 Å². The second-order valence-electron chi connectivity index (χ2n) is 33.2. The van der Waals surface area contributed by atoms with E-state index in [1.54, 1.807) is 93.1 Å². The normalized spacial score (nSPS) is 11.1. The number of ketones is 1. The number of halogens is 3. The summed E-state index contributed by atoms with van der Waals surface area (Å²) >= 11 is 0. The number of hydrogen-bond donors (Lipinski definition) is 7. The van der Waals surface area contributed by atoms with Crippen molar-refractivity contribution < 1.29 is 46.1 Å². The number of hydrogen-bond acceptors (Lipinski definition) is 36. The lowest BCUT2D eigenvalue weighted by molar-refractivity contribution is -0.274. The van der Waals surface area contributed by atoms with Crippen molar-refractivity contribution in [2.45, 2.75) is 46.4 Å². The third-order valence-corrected chi connectivity index (χ3v) is 22.8. The first-order valence-corrected chi connectivity index (χ1v) is 45.2. The highest BCUT2D eigenvalue weighted by Crippen LogP contribution is 2.40. The second-order valence-corrected chi connectivity index (χ2v) is 33.2. The molecule has 23 rings (SSSR count). The number of nitrogens with zero attached hydrogens (tertiary/aromatic N) is 30. The molecule has 148 heavy (non-hydrogen) atoms. The number of benzene rings is 7. The number of aryl methyl sites for hydroxylation is 7. The molecule has 47 heteroatoms. The molecule has 0 spiro atoms. The summed E-state index contributed by atoms with van der Waals surface area (Å²) in [4.78, 5) is 68.8. The van der Waals surface area contributed by atoms with Gasteiger partial charge in [0.2, 0.25) is 0 Å². The lowest BCUT2D eigenvalue weighted by Gasteiger charge is -2.09. The monoisotopic (exact) mass is 2000 g/mol. The quantitative estimate of drug-likeness (QED) is 0.0392. The molecular formula is C101H96F3N37O7. The summed E-state index contributed by atoms with van der Waals surface area (Å²) in [6, 6.07) is 57.6. The van der Waals surface area contributed by atoms with Crippen LogP contribution in [0.5, 0.6) is 28.7 Å². The van der Waals surface area contributed by atoms with Gasteiger partial charge in [-0.1, -0.05) is 84.9 Å². The highest BCUT2D eigenvalue weighted by Gasteiger charge is 2.32. The molecule has 23 aromatic rings. The van der Waals surface area contributed by atoms with Gasteiger partial charge in [-0.25, -0.2) is 103 Å². The first-order chi connectivity index (χ1) is 71.3. The number of anilines is 7. The second kappa shape index (κ2) is 43.2. The number of alkyl halides is 3. The van der Waals surface area contributed by atoms with Crippen molar-refractivity contribution in [3.05, 3.63) is 268 Å². The highest BCUT2D eigenvalue weighted by atomic mass is 19.4. The van der Waals surface area contributed by atoms with E-state index in [1.165, 1.54) is 85.7 Å². The number of nitrogen functional groups attached to an aromatic ring is 7. The molecule has 0 fully saturated rings. The van der Waals surface area contributed by atoms with Crippen LogP contribution in [0.4, 0.5) is 53.9 Å². The molecule has 16 heterocycles. The molecule has 0 aliphatic rings. The Hall–Kier alpha value is -20.1. The summed E-state index contributed by atoms with van der Waals surface area (Å²) in [5.41, 5.74) is 59.3. The molecule has 0 amide bonds. The summed E-state index contributed by atoms with van der Waals surface area (Å²) in [5.74, 6) is 6.12. The van der Waals surface area contributed by atoms with Crippen LogP contribution in [-0.2, 0) is 62.5 Å². The van der Waals surface area contributed by atoms with Crippen LogP contribution in [0.1, 0.15) is 42.3 Å². The van der Waals surface area contributed by atoms with Crippen molar-refractivity contribution in [2.24, 2.45) is 49.3 Å². The van der Waals surface area contributed by atoms with E-state index >= 15 is 0 Å². The van der Waals surface area contributed by atoms with Gasteiger partial charge >= 0.3 is 6.36 Å². The van der Waals surface area contributed by atoms with Gasteiger partial charge < -0.3 is 68.2 Å². The minimum Gasteiger partial charge on any atom is -0.497 e. The van der Waals surface area contributed by atoms with Gasteiger partial charge in [0.25, 0.3) is 0 Å². The predicted molar refractivity (Wildman–Crippen MR) is 553 cm³/mol. The van der Waals surface area contributed by atoms with Crippen LogP contribution in [-0.4, -0.2) is 180 Å². The Labute approximate surface area is 839 Å². The molecule has 0 unspecified atom stereocenters. The SMILES string of the molecule is CC(=O)c1ccc(-c2nn(C)c3ncnc(N)c23)cc1.CC(C)Oc1ccc(-c2nn(C)c3ncnc(N)c23)cc1.COc1cc(OC)cc(-c2nn(C)c3ncnc(N)c23)c1.Cn1nc(-c2ccc(OC(F)(F)F)cc2)c2c(N)ncnc21.Cn1nc(-c2ccc(OCc3ccccc3)cc2)c2c(N)ncnc21.Cn1nc(-c2ccco2)c2c(N)ncnc21.Cn1nc(-c2cnn(Cc3ccccc3)c2)c2c(N)ncnc21. The summed E-state index contributed by atoms with van der Waals surface area (Å²) in [7, 11) is 15.9. The van der Waals surface area contributed by atoms with E-state index in [0.717, 1.165) is 106 Å². The maximum Gasteiger partial charge on any atom is 0.573 e. The van der Waals surface area contributed by atoms with Crippen LogP contribution < -0.4 is 63.8 Å². The van der Waals surface area contributed by atoms with Gasteiger partial charge in [0.15, 0.2) is 51.1 Å².